The summed E-state index contributed by atoms with van der Waals surface area (Å²) in [4.78, 5) is 0. The van der Waals surface area contributed by atoms with E-state index in [2.05, 4.69) is 18.3 Å². The van der Waals surface area contributed by atoms with Crippen molar-refractivity contribution in [1.29, 1.82) is 0 Å². The fraction of sp³-hybridized carbons (Fsp3) is 0.333. The first-order chi connectivity index (χ1) is 7.27. The number of nitrogens with one attached hydrogen (secondary N) is 1. The summed E-state index contributed by atoms with van der Waals surface area (Å²) in [5, 5.41) is 3.12. The van der Waals surface area contributed by atoms with Gasteiger partial charge in [-0.1, -0.05) is 29.3 Å². The van der Waals surface area contributed by atoms with E-state index in [1.165, 1.54) is 16.7 Å². The standard InChI is InChI=1S/C12H16ClNO/c1-10-4-5-12(15-7-3-6-13)11(8-10)9-14-2/h3-6,8,14H,7,9H2,1-2H3. The minimum Gasteiger partial charge on any atom is -0.489 e. The third kappa shape index (κ3) is 3.94. The Labute approximate surface area is 95.9 Å². The zero-order valence-electron chi connectivity index (χ0n) is 9.09. The van der Waals surface area contributed by atoms with Crippen LogP contribution in [0.2, 0.25) is 0 Å². The number of hydrogen-bond donors (Lipinski definition) is 1. The van der Waals surface area contributed by atoms with E-state index in [0.717, 1.165) is 12.3 Å². The van der Waals surface area contributed by atoms with Gasteiger partial charge in [0.15, 0.2) is 0 Å². The Bertz CT molecular complexity index is 336. The lowest BCUT2D eigenvalue weighted by atomic mass is 10.1. The molecule has 0 heterocycles. The topological polar surface area (TPSA) is 21.3 Å². The second-order valence-electron chi connectivity index (χ2n) is 3.31. The minimum absolute atomic E-state index is 0.503. The molecule has 1 aromatic rings. The summed E-state index contributed by atoms with van der Waals surface area (Å²) in [7, 11) is 1.92. The summed E-state index contributed by atoms with van der Waals surface area (Å²) in [6.45, 7) is 3.38. The molecular formula is C12H16ClNO. The third-order valence-electron chi connectivity index (χ3n) is 2.01. The van der Waals surface area contributed by atoms with E-state index in [0.29, 0.717) is 6.61 Å². The maximum atomic E-state index is 5.57. The van der Waals surface area contributed by atoms with Crippen molar-refractivity contribution in [2.75, 3.05) is 13.7 Å². The average molecular weight is 226 g/mol. The quantitative estimate of drug-likeness (QED) is 0.832. The van der Waals surface area contributed by atoms with Crippen LogP contribution in [-0.2, 0) is 6.54 Å². The Morgan fingerprint density at radius 3 is 2.93 bits per heavy atom. The molecule has 0 atom stereocenters. The zero-order chi connectivity index (χ0) is 11.1. The van der Waals surface area contributed by atoms with E-state index in [9.17, 15) is 0 Å². The molecule has 3 heteroatoms. The number of benzene rings is 1. The van der Waals surface area contributed by atoms with Gasteiger partial charge in [-0.2, -0.15) is 0 Å². The van der Waals surface area contributed by atoms with Crippen LogP contribution in [0, 0.1) is 6.92 Å². The van der Waals surface area contributed by atoms with Gasteiger partial charge in [0.2, 0.25) is 0 Å². The molecule has 0 aliphatic carbocycles. The lowest BCUT2D eigenvalue weighted by molar-refractivity contribution is 0.358. The third-order valence-corrected chi connectivity index (χ3v) is 2.19. The van der Waals surface area contributed by atoms with Gasteiger partial charge in [-0.05, 0) is 26.1 Å². The first kappa shape index (κ1) is 12.1. The Kier molecular flexibility index (Phi) is 5.22. The van der Waals surface area contributed by atoms with Crippen molar-refractivity contribution in [3.8, 4) is 5.75 Å². The van der Waals surface area contributed by atoms with Crippen molar-refractivity contribution in [3.05, 3.63) is 40.9 Å². The van der Waals surface area contributed by atoms with Gasteiger partial charge in [0, 0.05) is 17.6 Å². The molecule has 0 saturated heterocycles. The molecule has 0 unspecified atom stereocenters. The maximum absolute atomic E-state index is 5.57. The fourth-order valence-corrected chi connectivity index (χ4v) is 1.42. The van der Waals surface area contributed by atoms with Gasteiger partial charge < -0.3 is 10.1 Å². The molecule has 0 radical (unpaired) electrons. The van der Waals surface area contributed by atoms with Crippen LogP contribution < -0.4 is 10.1 Å². The van der Waals surface area contributed by atoms with Crippen LogP contribution in [0.3, 0.4) is 0 Å². The summed E-state index contributed by atoms with van der Waals surface area (Å²) < 4.78 is 5.57. The van der Waals surface area contributed by atoms with Crippen molar-refractivity contribution < 1.29 is 4.74 Å². The number of ether oxygens (including phenoxy) is 1. The van der Waals surface area contributed by atoms with Crippen LogP contribution in [0.15, 0.2) is 29.8 Å². The van der Waals surface area contributed by atoms with Gasteiger partial charge in [-0.15, -0.1) is 0 Å². The molecule has 0 saturated carbocycles. The first-order valence-electron chi connectivity index (χ1n) is 4.90. The van der Waals surface area contributed by atoms with Crippen molar-refractivity contribution in [2.24, 2.45) is 0 Å². The van der Waals surface area contributed by atoms with Gasteiger partial charge in [0.25, 0.3) is 0 Å². The maximum Gasteiger partial charge on any atom is 0.124 e. The molecule has 2 nitrogen and oxygen atoms in total. The van der Waals surface area contributed by atoms with Crippen LogP contribution in [0.1, 0.15) is 11.1 Å². The first-order valence-corrected chi connectivity index (χ1v) is 5.33. The summed E-state index contributed by atoms with van der Waals surface area (Å²) in [6, 6.07) is 6.15. The number of hydrogen-bond acceptors (Lipinski definition) is 2. The van der Waals surface area contributed by atoms with Crippen molar-refractivity contribution in [1.82, 2.24) is 5.32 Å². The van der Waals surface area contributed by atoms with E-state index in [4.69, 9.17) is 16.3 Å². The highest BCUT2D eigenvalue weighted by Crippen LogP contribution is 2.19. The number of aryl methyl sites for hydroxylation is 1. The molecule has 0 aromatic heterocycles. The highest BCUT2D eigenvalue weighted by Gasteiger charge is 2.02. The Morgan fingerprint density at radius 2 is 2.27 bits per heavy atom. The summed E-state index contributed by atoms with van der Waals surface area (Å²) in [5.41, 5.74) is 3.87. The second-order valence-corrected chi connectivity index (χ2v) is 3.57. The number of rotatable bonds is 5. The molecule has 0 aliphatic heterocycles. The number of halogens is 1. The smallest absolute Gasteiger partial charge is 0.124 e. The molecule has 1 N–H and O–H groups in total. The molecule has 0 spiro atoms. The Hall–Kier alpha value is -0.990. The molecular weight excluding hydrogens is 210 g/mol. The van der Waals surface area contributed by atoms with E-state index >= 15 is 0 Å². The highest BCUT2D eigenvalue weighted by molar-refractivity contribution is 6.25. The normalized spacial score (nSPS) is 10.9. The molecule has 0 fully saturated rings. The van der Waals surface area contributed by atoms with Gasteiger partial charge >= 0.3 is 0 Å². The van der Waals surface area contributed by atoms with Crippen molar-refractivity contribution >= 4 is 11.6 Å². The second kappa shape index (κ2) is 6.49. The van der Waals surface area contributed by atoms with Crippen LogP contribution in [0.4, 0.5) is 0 Å². The van der Waals surface area contributed by atoms with E-state index < -0.39 is 0 Å². The molecule has 82 valence electrons. The highest BCUT2D eigenvalue weighted by atomic mass is 35.5. The van der Waals surface area contributed by atoms with Gasteiger partial charge in [0.05, 0.1) is 0 Å². The van der Waals surface area contributed by atoms with E-state index in [1.54, 1.807) is 6.08 Å². The summed E-state index contributed by atoms with van der Waals surface area (Å²) in [6.07, 6.45) is 1.77. The predicted molar refractivity (Wildman–Crippen MR) is 64.4 cm³/mol. The summed E-state index contributed by atoms with van der Waals surface area (Å²) >= 11 is 5.42. The van der Waals surface area contributed by atoms with E-state index in [1.807, 2.05) is 19.2 Å². The lowest BCUT2D eigenvalue weighted by Crippen LogP contribution is -2.07. The largest absolute Gasteiger partial charge is 0.489 e. The van der Waals surface area contributed by atoms with Crippen molar-refractivity contribution in [2.45, 2.75) is 13.5 Å². The zero-order valence-corrected chi connectivity index (χ0v) is 9.84. The average Bonchev–Trinajstić information content (AvgIpc) is 2.22. The van der Waals surface area contributed by atoms with Gasteiger partial charge in [-0.3, -0.25) is 0 Å². The molecule has 0 aliphatic rings. The summed E-state index contributed by atoms with van der Waals surface area (Å²) in [5.74, 6) is 0.907. The molecule has 1 aromatic carbocycles. The van der Waals surface area contributed by atoms with Crippen LogP contribution in [-0.4, -0.2) is 13.7 Å². The van der Waals surface area contributed by atoms with Crippen LogP contribution >= 0.6 is 11.6 Å². The Balaban J connectivity index is 2.75. The SMILES string of the molecule is CNCc1cc(C)ccc1OCC=CCl. The monoisotopic (exact) mass is 225 g/mol. The fourth-order valence-electron chi connectivity index (χ4n) is 1.35. The van der Waals surface area contributed by atoms with Gasteiger partial charge in [-0.25, -0.2) is 0 Å². The molecule has 0 bridgehead atoms. The minimum atomic E-state index is 0.503. The molecule has 1 rings (SSSR count). The van der Waals surface area contributed by atoms with Crippen molar-refractivity contribution in [3.63, 3.8) is 0 Å². The molecule has 0 amide bonds. The van der Waals surface area contributed by atoms with E-state index in [-0.39, 0.29) is 0 Å². The van der Waals surface area contributed by atoms with Crippen LogP contribution in [0.25, 0.3) is 0 Å². The molecule has 15 heavy (non-hydrogen) atoms. The predicted octanol–water partition coefficient (Wildman–Crippen LogP) is 2.85. The van der Waals surface area contributed by atoms with Crippen LogP contribution in [0.5, 0.6) is 5.75 Å². The van der Waals surface area contributed by atoms with Gasteiger partial charge in [0.1, 0.15) is 12.4 Å². The Morgan fingerprint density at radius 1 is 1.47 bits per heavy atom. The lowest BCUT2D eigenvalue weighted by Gasteiger charge is -2.10.